The molecule has 184 valence electrons. The van der Waals surface area contributed by atoms with E-state index >= 15 is 0 Å². The summed E-state index contributed by atoms with van der Waals surface area (Å²) in [5.41, 5.74) is 10.9. The number of nitrogens with zero attached hydrogens (tertiary/aromatic N) is 1. The van der Waals surface area contributed by atoms with Crippen molar-refractivity contribution in [2.24, 2.45) is 17.6 Å². The molecule has 0 aromatic heterocycles. The SMILES string of the molecule is NCC(c1ccccc1)(C1CCN(Cc2ccccc2)CC1)[C@H]1CCC[C@@H]1OCc1ccccc1. The molecule has 3 nitrogen and oxygen atoms in total. The Balaban J connectivity index is 1.36. The second-order valence-corrected chi connectivity index (χ2v) is 10.5. The van der Waals surface area contributed by atoms with Crippen LogP contribution in [0.25, 0.3) is 0 Å². The van der Waals surface area contributed by atoms with Crippen molar-refractivity contribution in [1.29, 1.82) is 0 Å². The van der Waals surface area contributed by atoms with Gasteiger partial charge in [0, 0.05) is 18.5 Å². The van der Waals surface area contributed by atoms with Crippen molar-refractivity contribution >= 4 is 0 Å². The van der Waals surface area contributed by atoms with E-state index in [1.165, 1.54) is 42.4 Å². The molecule has 1 unspecified atom stereocenters. The molecule has 2 aliphatic rings. The summed E-state index contributed by atoms with van der Waals surface area (Å²) >= 11 is 0. The minimum absolute atomic E-state index is 0.0298. The minimum atomic E-state index is -0.0298. The van der Waals surface area contributed by atoms with Crippen LogP contribution >= 0.6 is 0 Å². The Morgan fingerprint density at radius 3 is 1.97 bits per heavy atom. The average Bonchev–Trinajstić information content (AvgIpc) is 3.40. The summed E-state index contributed by atoms with van der Waals surface area (Å²) in [6.45, 7) is 4.69. The van der Waals surface area contributed by atoms with Gasteiger partial charge in [0.05, 0.1) is 12.7 Å². The molecule has 1 aliphatic heterocycles. The van der Waals surface area contributed by atoms with Gasteiger partial charge in [-0.2, -0.15) is 0 Å². The lowest BCUT2D eigenvalue weighted by molar-refractivity contribution is -0.0292. The molecule has 5 rings (SSSR count). The number of nitrogens with two attached hydrogens (primary N) is 1. The van der Waals surface area contributed by atoms with E-state index in [1.54, 1.807) is 0 Å². The molecule has 0 spiro atoms. The molecule has 1 heterocycles. The van der Waals surface area contributed by atoms with Crippen molar-refractivity contribution in [1.82, 2.24) is 4.90 Å². The molecule has 35 heavy (non-hydrogen) atoms. The monoisotopic (exact) mass is 468 g/mol. The lowest BCUT2D eigenvalue weighted by atomic mass is 9.58. The molecule has 2 fully saturated rings. The van der Waals surface area contributed by atoms with Crippen LogP contribution in [0.2, 0.25) is 0 Å². The van der Waals surface area contributed by atoms with Gasteiger partial charge < -0.3 is 10.5 Å². The highest BCUT2D eigenvalue weighted by Gasteiger charge is 2.51. The van der Waals surface area contributed by atoms with Crippen LogP contribution in [0.1, 0.15) is 48.8 Å². The zero-order valence-corrected chi connectivity index (χ0v) is 20.9. The summed E-state index contributed by atoms with van der Waals surface area (Å²) < 4.78 is 6.66. The fourth-order valence-electron chi connectivity index (χ4n) is 6.88. The lowest BCUT2D eigenvalue weighted by Gasteiger charge is -2.50. The van der Waals surface area contributed by atoms with E-state index < -0.39 is 0 Å². The fourth-order valence-corrected chi connectivity index (χ4v) is 6.88. The number of hydrogen-bond donors (Lipinski definition) is 1. The molecule has 3 aromatic carbocycles. The Labute approximate surface area is 211 Å². The Bertz CT molecular complexity index is 1020. The van der Waals surface area contributed by atoms with Crippen LogP contribution in [0.15, 0.2) is 91.0 Å². The van der Waals surface area contributed by atoms with Gasteiger partial charge in [-0.15, -0.1) is 0 Å². The summed E-state index contributed by atoms with van der Waals surface area (Å²) in [4.78, 5) is 2.62. The van der Waals surface area contributed by atoms with Gasteiger partial charge >= 0.3 is 0 Å². The Morgan fingerprint density at radius 2 is 1.34 bits per heavy atom. The van der Waals surface area contributed by atoms with E-state index in [0.29, 0.717) is 25.0 Å². The summed E-state index contributed by atoms with van der Waals surface area (Å²) in [6, 6.07) is 32.7. The van der Waals surface area contributed by atoms with Crippen molar-refractivity contribution in [2.75, 3.05) is 19.6 Å². The van der Waals surface area contributed by atoms with E-state index in [2.05, 4.69) is 95.9 Å². The van der Waals surface area contributed by atoms with E-state index in [9.17, 15) is 0 Å². The molecular formula is C32H40N2O. The zero-order chi connectivity index (χ0) is 23.9. The number of rotatable bonds is 9. The molecule has 1 saturated carbocycles. The van der Waals surface area contributed by atoms with Crippen LogP contribution in [0.5, 0.6) is 0 Å². The molecule has 0 bridgehead atoms. The second kappa shape index (κ2) is 11.5. The van der Waals surface area contributed by atoms with E-state index in [0.717, 1.165) is 26.1 Å². The maximum atomic E-state index is 6.81. The van der Waals surface area contributed by atoms with Gasteiger partial charge in [0.15, 0.2) is 0 Å². The minimum Gasteiger partial charge on any atom is -0.373 e. The van der Waals surface area contributed by atoms with Crippen molar-refractivity contribution in [3.63, 3.8) is 0 Å². The molecule has 3 heteroatoms. The van der Waals surface area contributed by atoms with E-state index in [1.807, 2.05) is 0 Å². The third-order valence-corrected chi connectivity index (χ3v) is 8.64. The van der Waals surface area contributed by atoms with Crippen LogP contribution in [0.3, 0.4) is 0 Å². The predicted molar refractivity (Wildman–Crippen MR) is 144 cm³/mol. The van der Waals surface area contributed by atoms with Crippen LogP contribution in [-0.4, -0.2) is 30.6 Å². The summed E-state index contributed by atoms with van der Waals surface area (Å²) in [5.74, 6) is 1.04. The number of ether oxygens (including phenoxy) is 1. The molecule has 2 N–H and O–H groups in total. The van der Waals surface area contributed by atoms with Crippen molar-refractivity contribution < 1.29 is 4.74 Å². The highest BCUT2D eigenvalue weighted by Crippen LogP contribution is 2.50. The van der Waals surface area contributed by atoms with Gasteiger partial charge in [0.2, 0.25) is 0 Å². The van der Waals surface area contributed by atoms with E-state index in [4.69, 9.17) is 10.5 Å². The normalized spacial score (nSPS) is 23.2. The molecular weight excluding hydrogens is 428 g/mol. The highest BCUT2D eigenvalue weighted by molar-refractivity contribution is 5.30. The Kier molecular flexibility index (Phi) is 7.98. The topological polar surface area (TPSA) is 38.5 Å². The maximum absolute atomic E-state index is 6.81. The third kappa shape index (κ3) is 5.38. The Morgan fingerprint density at radius 1 is 0.743 bits per heavy atom. The first kappa shape index (κ1) is 24.2. The molecule has 3 atom stereocenters. The van der Waals surface area contributed by atoms with Crippen molar-refractivity contribution in [3.8, 4) is 0 Å². The van der Waals surface area contributed by atoms with Gasteiger partial charge in [-0.3, -0.25) is 4.90 Å². The van der Waals surface area contributed by atoms with Gasteiger partial charge in [-0.05, 0) is 67.3 Å². The third-order valence-electron chi connectivity index (χ3n) is 8.64. The summed E-state index contributed by atoms with van der Waals surface area (Å²) in [5, 5.41) is 0. The van der Waals surface area contributed by atoms with Gasteiger partial charge in [0.25, 0.3) is 0 Å². The summed E-state index contributed by atoms with van der Waals surface area (Å²) in [7, 11) is 0. The van der Waals surface area contributed by atoms with E-state index in [-0.39, 0.29) is 11.5 Å². The van der Waals surface area contributed by atoms with Crippen LogP contribution in [0.4, 0.5) is 0 Å². The number of benzene rings is 3. The summed E-state index contributed by atoms with van der Waals surface area (Å²) in [6.07, 6.45) is 6.23. The smallest absolute Gasteiger partial charge is 0.0720 e. The molecule has 3 aromatic rings. The number of piperidine rings is 1. The average molecular weight is 469 g/mol. The quantitative estimate of drug-likeness (QED) is 0.407. The first-order valence-corrected chi connectivity index (χ1v) is 13.5. The highest BCUT2D eigenvalue weighted by atomic mass is 16.5. The molecule has 1 saturated heterocycles. The lowest BCUT2D eigenvalue weighted by Crippen LogP contribution is -2.54. The van der Waals surface area contributed by atoms with Crippen LogP contribution in [0, 0.1) is 11.8 Å². The molecule has 1 aliphatic carbocycles. The van der Waals surface area contributed by atoms with Gasteiger partial charge in [-0.25, -0.2) is 0 Å². The number of hydrogen-bond acceptors (Lipinski definition) is 3. The van der Waals surface area contributed by atoms with Gasteiger partial charge in [0.1, 0.15) is 0 Å². The van der Waals surface area contributed by atoms with Crippen LogP contribution in [-0.2, 0) is 23.3 Å². The largest absolute Gasteiger partial charge is 0.373 e. The van der Waals surface area contributed by atoms with Gasteiger partial charge in [-0.1, -0.05) is 97.4 Å². The zero-order valence-electron chi connectivity index (χ0n) is 20.9. The first-order chi connectivity index (χ1) is 17.3. The predicted octanol–water partition coefficient (Wildman–Crippen LogP) is 6.18. The molecule has 0 radical (unpaired) electrons. The first-order valence-electron chi connectivity index (χ1n) is 13.5. The fraction of sp³-hybridized carbons (Fsp3) is 0.438. The van der Waals surface area contributed by atoms with Crippen molar-refractivity contribution in [2.45, 2.75) is 56.8 Å². The number of likely N-dealkylation sites (tertiary alicyclic amines) is 1. The second-order valence-electron chi connectivity index (χ2n) is 10.5. The standard InChI is InChI=1S/C32H40N2O/c33-25-32(28-15-8-3-9-16-28,29-19-21-34(22-20-29)23-26-11-4-1-5-12-26)30-17-10-18-31(30)35-24-27-13-6-2-7-14-27/h1-9,11-16,29-31H,10,17-25,33H2/t30-,31-,32?/m0/s1. The van der Waals surface area contributed by atoms with Crippen molar-refractivity contribution in [3.05, 3.63) is 108 Å². The molecule has 0 amide bonds. The maximum Gasteiger partial charge on any atom is 0.0720 e. The Hall–Kier alpha value is -2.46. The van der Waals surface area contributed by atoms with Crippen LogP contribution < -0.4 is 5.73 Å².